The number of nitrogens with zero attached hydrogens (tertiary/aromatic N) is 1. The molecule has 0 aromatic rings. The Morgan fingerprint density at radius 2 is 1.82 bits per heavy atom. The molecule has 0 aromatic heterocycles. The Bertz CT molecular complexity index is 149. The fraction of sp³-hybridized carbons (Fsp3) is 1.00. The van der Waals surface area contributed by atoms with Gasteiger partial charge in [0.15, 0.2) is 0 Å². The van der Waals surface area contributed by atoms with Gasteiger partial charge in [0.25, 0.3) is 0 Å². The average Bonchev–Trinajstić information content (AvgIpc) is 2.07. The van der Waals surface area contributed by atoms with Crippen LogP contribution in [0.4, 0.5) is 0 Å². The summed E-state index contributed by atoms with van der Waals surface area (Å²) in [7, 11) is 11.6. The molecule has 0 amide bonds. The van der Waals surface area contributed by atoms with Crippen LogP contribution in [0.5, 0.6) is 0 Å². The summed E-state index contributed by atoms with van der Waals surface area (Å²) in [6, 6.07) is 0. The van der Waals surface area contributed by atoms with E-state index in [1.54, 1.807) is 0 Å². The molecule has 0 atom stereocenters. The highest BCUT2D eigenvalue weighted by atomic mass is 15.2. The second-order valence-electron chi connectivity index (χ2n) is 4.58. The Hall–Kier alpha value is 0.0899. The third kappa shape index (κ3) is 2.26. The van der Waals surface area contributed by atoms with E-state index in [0.29, 0.717) is 0 Å². The topological polar surface area (TPSA) is 3.24 Å². The maximum atomic E-state index is 5.80. The third-order valence-electron chi connectivity index (χ3n) is 2.28. The second-order valence-corrected chi connectivity index (χ2v) is 4.58. The van der Waals surface area contributed by atoms with E-state index in [0.717, 1.165) is 19.5 Å². The van der Waals surface area contributed by atoms with Crippen molar-refractivity contribution in [3.05, 3.63) is 0 Å². The summed E-state index contributed by atoms with van der Waals surface area (Å²) in [5.74, 6) is 0. The minimum Gasteiger partial charge on any atom is -0.299 e. The molecule has 0 unspecified atom stereocenters. The van der Waals surface area contributed by atoms with Gasteiger partial charge in [0.2, 0.25) is 0 Å². The smallest absolute Gasteiger partial charge is 0.0638 e. The number of hydrogen-bond acceptors (Lipinski definition) is 1. The lowest BCUT2D eigenvalue weighted by Crippen LogP contribution is -2.40. The van der Waals surface area contributed by atoms with Gasteiger partial charge in [-0.2, -0.15) is 0 Å². The minimum absolute atomic E-state index is 0.209. The zero-order valence-electron chi connectivity index (χ0n) is 7.72. The van der Waals surface area contributed by atoms with Gasteiger partial charge < -0.3 is 0 Å². The van der Waals surface area contributed by atoms with Gasteiger partial charge in [0, 0.05) is 5.54 Å². The van der Waals surface area contributed by atoms with Crippen molar-refractivity contribution >= 4 is 15.7 Å². The molecule has 0 bridgehead atoms. The van der Waals surface area contributed by atoms with Gasteiger partial charge >= 0.3 is 0 Å². The molecule has 58 valence electrons. The van der Waals surface area contributed by atoms with Crippen molar-refractivity contribution in [2.45, 2.75) is 37.9 Å². The van der Waals surface area contributed by atoms with Crippen LogP contribution in [0.3, 0.4) is 0 Å². The molecule has 11 heavy (non-hydrogen) atoms. The molecule has 0 aliphatic carbocycles. The van der Waals surface area contributed by atoms with E-state index < -0.39 is 5.21 Å². The summed E-state index contributed by atoms with van der Waals surface area (Å²) in [5.41, 5.74) is 0.209. The van der Waals surface area contributed by atoms with Gasteiger partial charge in [0.05, 0.1) is 15.7 Å². The summed E-state index contributed by atoms with van der Waals surface area (Å²) in [6.07, 6.45) is 0.907. The molecule has 3 heteroatoms. The van der Waals surface area contributed by atoms with Crippen molar-refractivity contribution in [3.8, 4) is 0 Å². The molecule has 0 aromatic carbocycles. The molecular weight excluding hydrogens is 132 g/mol. The van der Waals surface area contributed by atoms with Crippen LogP contribution >= 0.6 is 0 Å². The van der Waals surface area contributed by atoms with E-state index in [2.05, 4.69) is 25.7 Å². The van der Waals surface area contributed by atoms with Crippen LogP contribution in [-0.4, -0.2) is 39.2 Å². The van der Waals surface area contributed by atoms with Crippen LogP contribution in [0.25, 0.3) is 0 Å². The van der Waals surface area contributed by atoms with Crippen LogP contribution < -0.4 is 0 Å². The van der Waals surface area contributed by atoms with E-state index in [1.165, 1.54) is 0 Å². The molecule has 1 saturated heterocycles. The maximum Gasteiger partial charge on any atom is 0.0638 e. The van der Waals surface area contributed by atoms with Crippen molar-refractivity contribution < 1.29 is 0 Å². The summed E-state index contributed by atoms with van der Waals surface area (Å²) in [6.45, 7) is 8.41. The van der Waals surface area contributed by atoms with E-state index in [4.69, 9.17) is 15.7 Å². The zero-order chi connectivity index (χ0) is 8.70. The standard InChI is InChI=1S/C8H15B2N/c1-7(2,3)11-5-4-8(9,10)6-11/h4-6H2,1-3H3. The molecule has 1 nitrogen and oxygen atoms in total. The molecule has 0 spiro atoms. The average molecular weight is 147 g/mol. The molecule has 1 fully saturated rings. The summed E-state index contributed by atoms with van der Waals surface area (Å²) in [5, 5.41) is -0.451. The molecule has 1 aliphatic rings. The zero-order valence-corrected chi connectivity index (χ0v) is 7.72. The normalized spacial score (nSPS) is 25.7. The first-order valence-corrected chi connectivity index (χ1v) is 4.14. The van der Waals surface area contributed by atoms with Crippen molar-refractivity contribution in [2.24, 2.45) is 0 Å². The van der Waals surface area contributed by atoms with Gasteiger partial charge in [-0.25, -0.2) is 0 Å². The minimum atomic E-state index is -0.451. The van der Waals surface area contributed by atoms with Crippen LogP contribution in [0.15, 0.2) is 0 Å². The predicted octanol–water partition coefficient (Wildman–Crippen LogP) is 0.944. The van der Waals surface area contributed by atoms with Crippen LogP contribution in [0, 0.1) is 0 Å². The van der Waals surface area contributed by atoms with Gasteiger partial charge in [0.1, 0.15) is 0 Å². The van der Waals surface area contributed by atoms with Crippen LogP contribution in [0.1, 0.15) is 27.2 Å². The maximum absolute atomic E-state index is 5.80. The van der Waals surface area contributed by atoms with Crippen molar-refractivity contribution in [3.63, 3.8) is 0 Å². The Labute approximate surface area is 72.4 Å². The lowest BCUT2D eigenvalue weighted by atomic mass is 9.54. The Balaban J connectivity index is 2.55. The fourth-order valence-electron chi connectivity index (χ4n) is 1.43. The summed E-state index contributed by atoms with van der Waals surface area (Å²) >= 11 is 0. The molecule has 1 aliphatic heterocycles. The number of rotatable bonds is 0. The van der Waals surface area contributed by atoms with Crippen molar-refractivity contribution in [2.75, 3.05) is 13.1 Å². The van der Waals surface area contributed by atoms with Crippen molar-refractivity contribution in [1.82, 2.24) is 4.90 Å². The molecule has 0 saturated carbocycles. The highest BCUT2D eigenvalue weighted by molar-refractivity contribution is 6.40. The molecule has 4 radical (unpaired) electrons. The first-order chi connectivity index (χ1) is 4.81. The van der Waals surface area contributed by atoms with E-state index >= 15 is 0 Å². The van der Waals surface area contributed by atoms with E-state index in [9.17, 15) is 0 Å². The molecular formula is C8H15B2N. The Morgan fingerprint density at radius 3 is 2.00 bits per heavy atom. The molecule has 1 rings (SSSR count). The largest absolute Gasteiger partial charge is 0.299 e. The van der Waals surface area contributed by atoms with Gasteiger partial charge in [-0.1, -0.05) is 5.21 Å². The molecule has 0 N–H and O–H groups in total. The van der Waals surface area contributed by atoms with Gasteiger partial charge in [-0.05, 0) is 40.3 Å². The Kier molecular flexibility index (Phi) is 2.13. The highest BCUT2D eigenvalue weighted by Crippen LogP contribution is 2.33. The van der Waals surface area contributed by atoms with Crippen LogP contribution in [-0.2, 0) is 0 Å². The van der Waals surface area contributed by atoms with Crippen LogP contribution in [0.2, 0.25) is 5.21 Å². The lowest BCUT2D eigenvalue weighted by molar-refractivity contribution is 0.174. The van der Waals surface area contributed by atoms with E-state index in [1.807, 2.05) is 0 Å². The van der Waals surface area contributed by atoms with Gasteiger partial charge in [-0.3, -0.25) is 4.90 Å². The SMILES string of the molecule is [B]C1([B])CCN(C(C)(C)C)C1. The number of likely N-dealkylation sites (tertiary alicyclic amines) is 1. The van der Waals surface area contributed by atoms with E-state index in [-0.39, 0.29) is 5.54 Å². The molecule has 1 heterocycles. The highest BCUT2D eigenvalue weighted by Gasteiger charge is 2.33. The number of hydrogen-bond donors (Lipinski definition) is 0. The monoisotopic (exact) mass is 147 g/mol. The summed E-state index contributed by atoms with van der Waals surface area (Å²) < 4.78 is 0. The predicted molar refractivity (Wildman–Crippen MR) is 50.1 cm³/mol. The first kappa shape index (κ1) is 9.18. The summed E-state index contributed by atoms with van der Waals surface area (Å²) in [4.78, 5) is 2.33. The fourth-order valence-corrected chi connectivity index (χ4v) is 1.43. The Morgan fingerprint density at radius 1 is 1.27 bits per heavy atom. The second kappa shape index (κ2) is 2.55. The first-order valence-electron chi connectivity index (χ1n) is 4.14. The quantitative estimate of drug-likeness (QED) is 0.460. The van der Waals surface area contributed by atoms with Crippen molar-refractivity contribution in [1.29, 1.82) is 0 Å². The lowest BCUT2D eigenvalue weighted by Gasteiger charge is -2.33. The third-order valence-corrected chi connectivity index (χ3v) is 2.28. The van der Waals surface area contributed by atoms with Gasteiger partial charge in [-0.15, -0.1) is 0 Å².